The lowest BCUT2D eigenvalue weighted by molar-refractivity contribution is 0.516. The highest BCUT2D eigenvalue weighted by Gasteiger charge is 2.29. The first-order chi connectivity index (χ1) is 31.7. The molecule has 65 heavy (non-hydrogen) atoms. The van der Waals surface area contributed by atoms with E-state index in [0.29, 0.717) is 11.8 Å². The minimum Gasteiger partial charge on any atom is -0.275 e. The fourth-order valence-electron chi connectivity index (χ4n) is 9.31. The van der Waals surface area contributed by atoms with E-state index in [4.69, 9.17) is 20.2 Å². The summed E-state index contributed by atoms with van der Waals surface area (Å²) in [5.41, 5.74) is 13.4. The number of fused-ring (bicyclic) bond motifs is 3. The Hall–Kier alpha value is -7.38. The van der Waals surface area contributed by atoms with Crippen LogP contribution in [0.25, 0.3) is 27.8 Å². The van der Waals surface area contributed by atoms with E-state index in [1.807, 2.05) is 24.5 Å². The van der Waals surface area contributed by atoms with Crippen molar-refractivity contribution in [3.8, 4) is 5.95 Å². The van der Waals surface area contributed by atoms with Gasteiger partial charge in [0.25, 0.3) is 5.95 Å². The first kappa shape index (κ1) is 41.6. The molecule has 0 fully saturated rings. The first-order valence-electron chi connectivity index (χ1n) is 22.5. The van der Waals surface area contributed by atoms with E-state index in [1.54, 1.807) is 0 Å². The van der Waals surface area contributed by atoms with Crippen LogP contribution in [0.15, 0.2) is 194 Å². The molecule has 7 nitrogen and oxygen atoms in total. The van der Waals surface area contributed by atoms with Crippen molar-refractivity contribution < 1.29 is 0 Å². The third kappa shape index (κ3) is 8.30. The fraction of sp³-hybridized carbons (Fsp3) is 0.111. The maximum absolute atomic E-state index is 4.82. The third-order valence-corrected chi connectivity index (χ3v) is 12.8. The van der Waals surface area contributed by atoms with Crippen molar-refractivity contribution in [1.82, 2.24) is 34.9 Å². The lowest BCUT2D eigenvalue weighted by atomic mass is 9.35. The Balaban J connectivity index is 1.16. The van der Waals surface area contributed by atoms with E-state index < -0.39 is 0 Å². The van der Waals surface area contributed by atoms with Gasteiger partial charge in [-0.3, -0.25) is 14.5 Å². The fourth-order valence-corrected chi connectivity index (χ4v) is 9.31. The largest absolute Gasteiger partial charge is 0.275 e. The predicted octanol–water partition coefficient (Wildman–Crippen LogP) is 3.96. The van der Waals surface area contributed by atoms with E-state index in [-0.39, 0.29) is 32.3 Å². The molecular weight excluding hydrogens is 790 g/mol. The van der Waals surface area contributed by atoms with Crippen LogP contribution < -0.4 is 54.9 Å². The van der Waals surface area contributed by atoms with E-state index in [9.17, 15) is 0 Å². The summed E-state index contributed by atoms with van der Waals surface area (Å²) in [5, 5.41) is 21.2. The predicted molar refractivity (Wildman–Crippen MR) is 276 cm³/mol. The molecule has 0 aliphatic heterocycles. The van der Waals surface area contributed by atoms with Crippen LogP contribution in [-0.2, 0) is 5.41 Å². The summed E-state index contributed by atoms with van der Waals surface area (Å²) in [6, 6.07) is 65.5. The molecule has 0 spiro atoms. The molecular formula is C54H47B4N7. The van der Waals surface area contributed by atoms with Crippen LogP contribution in [0.2, 0.25) is 13.6 Å². The normalized spacial score (nSPS) is 11.5. The van der Waals surface area contributed by atoms with Gasteiger partial charge in [0.2, 0.25) is 26.9 Å². The van der Waals surface area contributed by atoms with Crippen molar-refractivity contribution in [1.29, 1.82) is 0 Å². The molecule has 0 saturated heterocycles. The monoisotopic (exact) mass is 837 g/mol. The van der Waals surface area contributed by atoms with E-state index >= 15 is 0 Å². The molecule has 0 aliphatic rings. The van der Waals surface area contributed by atoms with Crippen molar-refractivity contribution in [2.75, 3.05) is 0 Å². The molecule has 0 bridgehead atoms. The van der Waals surface area contributed by atoms with Crippen molar-refractivity contribution in [3.05, 3.63) is 200 Å². The molecule has 0 atom stereocenters. The molecule has 0 aliphatic carbocycles. The van der Waals surface area contributed by atoms with Crippen LogP contribution in [0.4, 0.5) is 0 Å². The molecule has 0 N–H and O–H groups in total. The van der Waals surface area contributed by atoms with Gasteiger partial charge in [-0.1, -0.05) is 224 Å². The second kappa shape index (κ2) is 17.6. The van der Waals surface area contributed by atoms with Gasteiger partial charge in [0, 0.05) is 39.8 Å². The number of pyridine rings is 2. The summed E-state index contributed by atoms with van der Waals surface area (Å²) in [6.45, 7) is 10.9. The standard InChI is InChI=1S/C54H47B4N7/c1-54(2,3)52-61-63-53(64-62-52)65-48-36-44(57(38-18-8-6-9-19-38)42-24-16-22-40(34-42)55(4)50-26-12-14-32-59-50)28-30-46(48)47-31-29-45(37-49(47)65)58(39-20-10-7-11-21-39)43-25-17-23-41(35-43)56(5)51-27-13-15-33-60-51/h6-37H,1-5H3. The summed E-state index contributed by atoms with van der Waals surface area (Å²) in [6.07, 6.45) is 3.74. The maximum atomic E-state index is 4.82. The molecule has 10 aromatic rings. The van der Waals surface area contributed by atoms with E-state index in [0.717, 1.165) is 43.9 Å². The van der Waals surface area contributed by atoms with Gasteiger partial charge in [0.15, 0.2) is 5.82 Å². The Morgan fingerprint density at radius 1 is 0.385 bits per heavy atom. The SMILES string of the molecule is CB(c1cccc(B(c2ccccc2)c2ccc3c4ccc(B(c5ccccc5)c5cccc(B(C)c6ccccn6)c5)cc4n(-c4nnc(C(C)(C)C)nn4)c3c2)c1)c1ccccn1. The zero-order chi connectivity index (χ0) is 44.5. The van der Waals surface area contributed by atoms with Gasteiger partial charge >= 0.3 is 0 Å². The third-order valence-electron chi connectivity index (χ3n) is 12.8. The number of rotatable bonds is 11. The Morgan fingerprint density at radius 3 is 1.20 bits per heavy atom. The summed E-state index contributed by atoms with van der Waals surface area (Å²) < 4.78 is 2.16. The minimum atomic E-state index is -0.309. The van der Waals surface area contributed by atoms with Crippen LogP contribution in [-0.4, -0.2) is 61.8 Å². The molecule has 0 radical (unpaired) electrons. The zero-order valence-corrected chi connectivity index (χ0v) is 37.4. The summed E-state index contributed by atoms with van der Waals surface area (Å²) in [5.74, 6) is 1.02. The summed E-state index contributed by atoms with van der Waals surface area (Å²) >= 11 is 0. The Bertz CT molecular complexity index is 3050. The highest BCUT2D eigenvalue weighted by Crippen LogP contribution is 2.30. The molecule has 11 heteroatoms. The Labute approximate surface area is 382 Å². The Kier molecular flexibility index (Phi) is 11.3. The van der Waals surface area contributed by atoms with Crippen molar-refractivity contribution in [2.45, 2.75) is 39.8 Å². The van der Waals surface area contributed by atoms with Crippen LogP contribution in [0.3, 0.4) is 0 Å². The van der Waals surface area contributed by atoms with E-state index in [1.165, 1.54) is 32.8 Å². The molecule has 10 rings (SSSR count). The summed E-state index contributed by atoms with van der Waals surface area (Å²) in [7, 11) is 0. The van der Waals surface area contributed by atoms with Gasteiger partial charge in [0.1, 0.15) is 0 Å². The first-order valence-corrected chi connectivity index (χ1v) is 22.5. The average molecular weight is 837 g/mol. The minimum absolute atomic E-state index is 0.0536. The van der Waals surface area contributed by atoms with E-state index in [2.05, 4.69) is 219 Å². The maximum Gasteiger partial charge on any atom is 0.273 e. The lowest BCUT2D eigenvalue weighted by Gasteiger charge is -2.19. The number of aromatic nitrogens is 7. The molecule has 0 unspecified atom stereocenters. The Morgan fingerprint density at radius 2 is 0.785 bits per heavy atom. The smallest absolute Gasteiger partial charge is 0.273 e. The molecule has 4 aromatic heterocycles. The van der Waals surface area contributed by atoms with Gasteiger partial charge in [-0.05, 0) is 36.4 Å². The van der Waals surface area contributed by atoms with Crippen molar-refractivity contribution >= 4 is 104 Å². The number of nitrogens with zero attached hydrogens (tertiary/aromatic N) is 7. The summed E-state index contributed by atoms with van der Waals surface area (Å²) in [4.78, 5) is 9.41. The lowest BCUT2D eigenvalue weighted by Crippen LogP contribution is -2.53. The van der Waals surface area contributed by atoms with Gasteiger partial charge in [-0.15, -0.1) is 20.4 Å². The topological polar surface area (TPSA) is 82.3 Å². The number of hydrogen-bond donors (Lipinski definition) is 0. The van der Waals surface area contributed by atoms with Gasteiger partial charge in [-0.25, -0.2) is 0 Å². The second-order valence-corrected chi connectivity index (χ2v) is 18.1. The molecule has 6 aromatic carbocycles. The van der Waals surface area contributed by atoms with Crippen LogP contribution in [0.1, 0.15) is 26.6 Å². The number of hydrogen-bond acceptors (Lipinski definition) is 6. The molecule has 0 amide bonds. The van der Waals surface area contributed by atoms with Crippen LogP contribution >= 0.6 is 0 Å². The highest BCUT2D eigenvalue weighted by atomic mass is 15.4. The van der Waals surface area contributed by atoms with Gasteiger partial charge < -0.3 is 0 Å². The van der Waals surface area contributed by atoms with Crippen molar-refractivity contribution in [3.63, 3.8) is 0 Å². The van der Waals surface area contributed by atoms with Crippen LogP contribution in [0, 0.1) is 0 Å². The molecule has 4 heterocycles. The number of benzene rings is 6. The van der Waals surface area contributed by atoms with Gasteiger partial charge in [0.05, 0.1) is 11.0 Å². The van der Waals surface area contributed by atoms with Crippen molar-refractivity contribution in [2.24, 2.45) is 0 Å². The van der Waals surface area contributed by atoms with Crippen LogP contribution in [0.5, 0.6) is 0 Å². The average Bonchev–Trinajstić information content (AvgIpc) is 3.68. The highest BCUT2D eigenvalue weighted by molar-refractivity contribution is 6.97. The zero-order valence-electron chi connectivity index (χ0n) is 37.4. The molecule has 310 valence electrons. The second-order valence-electron chi connectivity index (χ2n) is 18.1. The quantitative estimate of drug-likeness (QED) is 0.184. The molecule has 0 saturated carbocycles. The van der Waals surface area contributed by atoms with Gasteiger partial charge in [-0.2, -0.15) is 0 Å².